The first kappa shape index (κ1) is 13.4. The van der Waals surface area contributed by atoms with E-state index in [2.05, 4.69) is 0 Å². The van der Waals surface area contributed by atoms with E-state index in [0.29, 0.717) is 6.42 Å². The average molecular weight is 269 g/mol. The first-order chi connectivity index (χ1) is 8.41. The predicted molar refractivity (Wildman–Crippen MR) is 72.5 cm³/mol. The third-order valence-corrected chi connectivity index (χ3v) is 5.27. The van der Waals surface area contributed by atoms with Crippen LogP contribution in [0.5, 0.6) is 0 Å². The van der Waals surface area contributed by atoms with Gasteiger partial charge in [-0.15, -0.1) is 0 Å². The third kappa shape index (κ3) is 2.67. The van der Waals surface area contributed by atoms with E-state index >= 15 is 0 Å². The molecule has 1 fully saturated rings. The number of nitrogens with zero attached hydrogens (tertiary/aromatic N) is 1. The van der Waals surface area contributed by atoms with Crippen molar-refractivity contribution in [1.29, 1.82) is 0 Å². The SMILES string of the molecule is C[C@H](O)c1ccccc1N(C)C1CCS(=O)(=O)C1. The Morgan fingerprint density at radius 3 is 2.61 bits per heavy atom. The minimum Gasteiger partial charge on any atom is -0.389 e. The van der Waals surface area contributed by atoms with Crippen molar-refractivity contribution in [2.24, 2.45) is 0 Å². The highest BCUT2D eigenvalue weighted by Crippen LogP contribution is 2.29. The number of aliphatic hydroxyl groups excluding tert-OH is 1. The molecule has 1 aliphatic rings. The maximum absolute atomic E-state index is 11.5. The fourth-order valence-electron chi connectivity index (χ4n) is 2.44. The van der Waals surface area contributed by atoms with Gasteiger partial charge in [-0.2, -0.15) is 0 Å². The Hall–Kier alpha value is -1.07. The van der Waals surface area contributed by atoms with Crippen molar-refractivity contribution < 1.29 is 13.5 Å². The van der Waals surface area contributed by atoms with Crippen LogP contribution in [0.1, 0.15) is 25.0 Å². The zero-order valence-corrected chi connectivity index (χ0v) is 11.5. The molecule has 0 amide bonds. The molecule has 1 N–H and O–H groups in total. The van der Waals surface area contributed by atoms with Crippen molar-refractivity contribution in [2.45, 2.75) is 25.5 Å². The summed E-state index contributed by atoms with van der Waals surface area (Å²) < 4.78 is 23.0. The van der Waals surface area contributed by atoms with Crippen molar-refractivity contribution in [3.63, 3.8) is 0 Å². The summed E-state index contributed by atoms with van der Waals surface area (Å²) in [7, 11) is -0.990. The van der Waals surface area contributed by atoms with Gasteiger partial charge in [-0.25, -0.2) is 8.42 Å². The number of aliphatic hydroxyl groups is 1. The van der Waals surface area contributed by atoms with Crippen molar-refractivity contribution in [2.75, 3.05) is 23.5 Å². The maximum atomic E-state index is 11.5. The zero-order chi connectivity index (χ0) is 13.3. The quantitative estimate of drug-likeness (QED) is 0.900. The Morgan fingerprint density at radius 2 is 2.06 bits per heavy atom. The Kier molecular flexibility index (Phi) is 3.64. The average Bonchev–Trinajstić information content (AvgIpc) is 2.68. The lowest BCUT2D eigenvalue weighted by Crippen LogP contribution is -2.33. The number of hydrogen-bond donors (Lipinski definition) is 1. The minimum absolute atomic E-state index is 0.00917. The molecule has 2 rings (SSSR count). The van der Waals surface area contributed by atoms with Gasteiger partial charge in [-0.1, -0.05) is 18.2 Å². The van der Waals surface area contributed by atoms with Crippen molar-refractivity contribution in [3.05, 3.63) is 29.8 Å². The molecule has 1 saturated heterocycles. The molecule has 1 aromatic rings. The fraction of sp³-hybridized carbons (Fsp3) is 0.538. The summed E-state index contributed by atoms with van der Waals surface area (Å²) in [6, 6.07) is 7.59. The molecule has 0 spiro atoms. The summed E-state index contributed by atoms with van der Waals surface area (Å²) in [4.78, 5) is 1.98. The monoisotopic (exact) mass is 269 g/mol. The molecule has 18 heavy (non-hydrogen) atoms. The lowest BCUT2D eigenvalue weighted by Gasteiger charge is -2.28. The molecular formula is C13H19NO3S. The Labute approximate surface area is 108 Å². The molecule has 100 valence electrons. The van der Waals surface area contributed by atoms with E-state index in [0.717, 1.165) is 11.3 Å². The summed E-state index contributed by atoms with van der Waals surface area (Å²) in [5.74, 6) is 0.469. The summed E-state index contributed by atoms with van der Waals surface area (Å²) in [5, 5.41) is 9.75. The third-order valence-electron chi connectivity index (χ3n) is 3.52. The molecule has 1 heterocycles. The second-order valence-electron chi connectivity index (χ2n) is 4.90. The van der Waals surface area contributed by atoms with Crippen LogP contribution in [-0.4, -0.2) is 38.1 Å². The van der Waals surface area contributed by atoms with Gasteiger partial charge < -0.3 is 10.0 Å². The van der Waals surface area contributed by atoms with Crippen LogP contribution in [0, 0.1) is 0 Å². The zero-order valence-electron chi connectivity index (χ0n) is 10.7. The smallest absolute Gasteiger partial charge is 0.152 e. The molecule has 0 saturated carbocycles. The van der Waals surface area contributed by atoms with Gasteiger partial charge in [0.05, 0.1) is 17.6 Å². The number of rotatable bonds is 3. The molecule has 1 unspecified atom stereocenters. The maximum Gasteiger partial charge on any atom is 0.152 e. The lowest BCUT2D eigenvalue weighted by molar-refractivity contribution is 0.199. The highest BCUT2D eigenvalue weighted by Gasteiger charge is 2.31. The standard InChI is InChI=1S/C13H19NO3S/c1-10(15)12-5-3-4-6-13(12)14(2)11-7-8-18(16,17)9-11/h3-6,10-11,15H,7-9H2,1-2H3/t10-,11?/m0/s1. The van der Waals surface area contributed by atoms with Crippen molar-refractivity contribution in [3.8, 4) is 0 Å². The highest BCUT2D eigenvalue weighted by atomic mass is 32.2. The summed E-state index contributed by atoms with van der Waals surface area (Å²) >= 11 is 0. The topological polar surface area (TPSA) is 57.6 Å². The molecule has 1 aliphatic heterocycles. The van der Waals surface area contributed by atoms with Gasteiger partial charge in [-0.3, -0.25) is 0 Å². The fourth-order valence-corrected chi connectivity index (χ4v) is 4.21. The second-order valence-corrected chi connectivity index (χ2v) is 7.13. The van der Waals surface area contributed by atoms with Gasteiger partial charge in [-0.05, 0) is 19.4 Å². The molecule has 0 aromatic heterocycles. The molecule has 5 heteroatoms. The van der Waals surface area contributed by atoms with Gasteiger partial charge in [0.2, 0.25) is 0 Å². The van der Waals surface area contributed by atoms with Crippen molar-refractivity contribution in [1.82, 2.24) is 0 Å². The van der Waals surface area contributed by atoms with Crippen molar-refractivity contribution >= 4 is 15.5 Å². The highest BCUT2D eigenvalue weighted by molar-refractivity contribution is 7.91. The first-order valence-corrected chi connectivity index (χ1v) is 7.93. The largest absolute Gasteiger partial charge is 0.389 e. The van der Waals surface area contributed by atoms with E-state index in [1.807, 2.05) is 36.2 Å². The second kappa shape index (κ2) is 4.90. The van der Waals surface area contributed by atoms with Crippen LogP contribution in [0.25, 0.3) is 0 Å². The molecule has 0 aliphatic carbocycles. The van der Waals surface area contributed by atoms with Crippen LogP contribution in [-0.2, 0) is 9.84 Å². The minimum atomic E-state index is -2.89. The molecule has 4 nitrogen and oxygen atoms in total. The van der Waals surface area contributed by atoms with E-state index in [1.165, 1.54) is 0 Å². The van der Waals surface area contributed by atoms with Crippen LogP contribution in [0.15, 0.2) is 24.3 Å². The lowest BCUT2D eigenvalue weighted by atomic mass is 10.1. The number of para-hydroxylation sites is 1. The van der Waals surface area contributed by atoms with E-state index in [4.69, 9.17) is 0 Å². The van der Waals surface area contributed by atoms with Crippen LogP contribution < -0.4 is 4.90 Å². The normalized spacial score (nSPS) is 23.8. The molecule has 2 atom stereocenters. The number of benzene rings is 1. The van der Waals surface area contributed by atoms with E-state index in [1.54, 1.807) is 6.92 Å². The Bertz CT molecular complexity index is 525. The van der Waals surface area contributed by atoms with Crippen LogP contribution in [0.2, 0.25) is 0 Å². The molecule has 0 radical (unpaired) electrons. The van der Waals surface area contributed by atoms with Gasteiger partial charge in [0.25, 0.3) is 0 Å². The van der Waals surface area contributed by atoms with Gasteiger partial charge >= 0.3 is 0 Å². The van der Waals surface area contributed by atoms with E-state index in [9.17, 15) is 13.5 Å². The predicted octanol–water partition coefficient (Wildman–Crippen LogP) is 1.36. The first-order valence-electron chi connectivity index (χ1n) is 6.11. The van der Waals surface area contributed by atoms with Gasteiger partial charge in [0, 0.05) is 24.3 Å². The Morgan fingerprint density at radius 1 is 1.39 bits per heavy atom. The summed E-state index contributed by atoms with van der Waals surface area (Å²) in [6.07, 6.45) is 0.106. The van der Waals surface area contributed by atoms with Crippen LogP contribution >= 0.6 is 0 Å². The molecular weight excluding hydrogens is 250 g/mol. The number of sulfone groups is 1. The van der Waals surface area contributed by atoms with E-state index < -0.39 is 15.9 Å². The van der Waals surface area contributed by atoms with Gasteiger partial charge in [0.15, 0.2) is 9.84 Å². The van der Waals surface area contributed by atoms with Gasteiger partial charge in [0.1, 0.15) is 0 Å². The van der Waals surface area contributed by atoms with Crippen LogP contribution in [0.3, 0.4) is 0 Å². The summed E-state index contributed by atoms with van der Waals surface area (Å²) in [5.41, 5.74) is 1.75. The number of hydrogen-bond acceptors (Lipinski definition) is 4. The number of anilines is 1. The Balaban J connectivity index is 2.27. The summed E-state index contributed by atoms with van der Waals surface area (Å²) in [6.45, 7) is 1.72. The van der Waals surface area contributed by atoms with Crippen LogP contribution in [0.4, 0.5) is 5.69 Å². The molecule has 0 bridgehead atoms. The van der Waals surface area contributed by atoms with E-state index in [-0.39, 0.29) is 17.5 Å². The molecule has 1 aromatic carbocycles.